The Kier molecular flexibility index (Phi) is 3.73. The fourth-order valence-electron chi connectivity index (χ4n) is 3.24. The molecule has 0 aliphatic carbocycles. The first-order valence-electron chi connectivity index (χ1n) is 8.16. The fourth-order valence-corrected chi connectivity index (χ4v) is 3.47. The summed E-state index contributed by atoms with van der Waals surface area (Å²) in [5, 5.41) is 8.52. The maximum Gasteiger partial charge on any atom is 0.200 e. The van der Waals surface area contributed by atoms with Crippen LogP contribution in [0.25, 0.3) is 28.0 Å². The fraction of sp³-hybridized carbons (Fsp3) is 0.150. The lowest BCUT2D eigenvalue weighted by Gasteiger charge is -2.13. The van der Waals surface area contributed by atoms with Gasteiger partial charge in [-0.25, -0.2) is 0 Å². The Balaban J connectivity index is 2.06. The molecule has 124 valence electrons. The number of pyridine rings is 1. The molecule has 0 saturated heterocycles. The highest BCUT2D eigenvalue weighted by atomic mass is 32.1. The number of hydrogen-bond acceptors (Lipinski definition) is 3. The van der Waals surface area contributed by atoms with Crippen LogP contribution >= 0.6 is 12.2 Å². The highest BCUT2D eigenvalue weighted by molar-refractivity contribution is 7.71. The molecule has 2 aromatic carbocycles. The van der Waals surface area contributed by atoms with Crippen molar-refractivity contribution in [2.45, 2.75) is 20.8 Å². The molecule has 4 rings (SSSR count). The summed E-state index contributed by atoms with van der Waals surface area (Å²) < 4.78 is 2.58. The second-order valence-corrected chi connectivity index (χ2v) is 6.69. The lowest BCUT2D eigenvalue weighted by molar-refractivity contribution is 1.03. The molecule has 0 bridgehead atoms. The van der Waals surface area contributed by atoms with E-state index in [-0.39, 0.29) is 0 Å². The third kappa shape index (κ3) is 2.66. The molecular weight excluding hydrogens is 328 g/mol. The predicted molar refractivity (Wildman–Crippen MR) is 104 cm³/mol. The number of aromatic amines is 1. The average Bonchev–Trinajstić information content (AvgIpc) is 2.95. The van der Waals surface area contributed by atoms with Gasteiger partial charge in [0.15, 0.2) is 10.6 Å². The van der Waals surface area contributed by atoms with Crippen molar-refractivity contribution >= 4 is 23.1 Å². The van der Waals surface area contributed by atoms with E-state index in [9.17, 15) is 0 Å². The highest BCUT2D eigenvalue weighted by Crippen LogP contribution is 2.29. The number of rotatable bonds is 2. The van der Waals surface area contributed by atoms with Crippen molar-refractivity contribution in [2.24, 2.45) is 0 Å². The van der Waals surface area contributed by atoms with Crippen molar-refractivity contribution in [1.29, 1.82) is 0 Å². The number of hydrogen-bond donors (Lipinski definition) is 1. The summed E-state index contributed by atoms with van der Waals surface area (Å²) >= 11 is 5.55. The van der Waals surface area contributed by atoms with Gasteiger partial charge in [0.2, 0.25) is 0 Å². The quantitative estimate of drug-likeness (QED) is 0.515. The van der Waals surface area contributed by atoms with Crippen LogP contribution in [0, 0.1) is 25.5 Å². The molecule has 4 aromatic rings. The third-order valence-electron chi connectivity index (χ3n) is 4.36. The monoisotopic (exact) mass is 346 g/mol. The number of aryl methyl sites for hydroxylation is 3. The zero-order chi connectivity index (χ0) is 17.6. The Morgan fingerprint density at radius 3 is 2.60 bits per heavy atom. The van der Waals surface area contributed by atoms with Crippen molar-refractivity contribution in [2.75, 3.05) is 0 Å². The van der Waals surface area contributed by atoms with Crippen LogP contribution in [0.3, 0.4) is 0 Å². The van der Waals surface area contributed by atoms with Gasteiger partial charge in [0.25, 0.3) is 0 Å². The van der Waals surface area contributed by atoms with E-state index in [2.05, 4.69) is 59.4 Å². The van der Waals surface area contributed by atoms with Gasteiger partial charge in [0, 0.05) is 16.6 Å². The van der Waals surface area contributed by atoms with Crippen LogP contribution in [0.15, 0.2) is 48.5 Å². The Hall–Kier alpha value is -2.79. The Morgan fingerprint density at radius 1 is 1.00 bits per heavy atom. The minimum Gasteiger partial charge on any atom is -0.267 e. The molecule has 1 N–H and O–H groups in total. The smallest absolute Gasteiger partial charge is 0.200 e. The van der Waals surface area contributed by atoms with Crippen molar-refractivity contribution in [3.63, 3.8) is 0 Å². The van der Waals surface area contributed by atoms with Crippen molar-refractivity contribution in [1.82, 2.24) is 19.7 Å². The van der Waals surface area contributed by atoms with Crippen molar-refractivity contribution in [3.05, 3.63) is 70.1 Å². The van der Waals surface area contributed by atoms with E-state index in [1.807, 2.05) is 29.7 Å². The van der Waals surface area contributed by atoms with Gasteiger partial charge in [-0.15, -0.1) is 0 Å². The minimum absolute atomic E-state index is 0.575. The number of benzene rings is 2. The van der Waals surface area contributed by atoms with Gasteiger partial charge >= 0.3 is 0 Å². The first-order valence-corrected chi connectivity index (χ1v) is 8.57. The van der Waals surface area contributed by atoms with E-state index in [4.69, 9.17) is 12.2 Å². The van der Waals surface area contributed by atoms with E-state index < -0.39 is 0 Å². The molecule has 25 heavy (non-hydrogen) atoms. The maximum absolute atomic E-state index is 5.55. The van der Waals surface area contributed by atoms with Gasteiger partial charge in [-0.3, -0.25) is 14.6 Å². The minimum atomic E-state index is 0.575. The first-order chi connectivity index (χ1) is 12.0. The summed E-state index contributed by atoms with van der Waals surface area (Å²) in [6.45, 7) is 6.18. The largest absolute Gasteiger partial charge is 0.267 e. The normalized spacial score (nSPS) is 11.2. The molecule has 0 amide bonds. The molecule has 0 saturated carbocycles. The summed E-state index contributed by atoms with van der Waals surface area (Å²) in [5.41, 5.74) is 6.36. The lowest BCUT2D eigenvalue weighted by atomic mass is 10.0. The molecule has 0 aliphatic rings. The first kappa shape index (κ1) is 15.7. The van der Waals surface area contributed by atoms with E-state index >= 15 is 0 Å². The summed E-state index contributed by atoms with van der Waals surface area (Å²) in [5.74, 6) is 0.818. The summed E-state index contributed by atoms with van der Waals surface area (Å²) in [4.78, 5) is 4.63. The van der Waals surface area contributed by atoms with Gasteiger partial charge in [0.05, 0.1) is 11.2 Å². The molecule has 4 nitrogen and oxygen atoms in total. The molecule has 0 atom stereocenters. The zero-order valence-corrected chi connectivity index (χ0v) is 15.2. The third-order valence-corrected chi connectivity index (χ3v) is 4.63. The topological polar surface area (TPSA) is 46.5 Å². The molecule has 0 aliphatic heterocycles. The molecule has 0 spiro atoms. The molecule has 0 unspecified atom stereocenters. The van der Waals surface area contributed by atoms with Crippen LogP contribution < -0.4 is 0 Å². The van der Waals surface area contributed by atoms with E-state index in [1.54, 1.807) is 0 Å². The predicted octanol–water partition coefficient (Wildman–Crippen LogP) is 5.07. The number of fused-ring (bicyclic) bond motifs is 1. The molecule has 2 aromatic heterocycles. The second-order valence-electron chi connectivity index (χ2n) is 6.31. The standard InChI is InChI=1S/C20H18N4S/c1-12-8-9-15(13(2)10-12)19-22-23-20(25)24(19)18-11-14(3)21-17-7-5-4-6-16(17)18/h4-11H,1-3H3,(H,23,25). The average molecular weight is 346 g/mol. The molecule has 2 heterocycles. The summed E-state index contributed by atoms with van der Waals surface area (Å²) in [7, 11) is 0. The van der Waals surface area contributed by atoms with Gasteiger partial charge in [-0.05, 0) is 50.7 Å². The van der Waals surface area contributed by atoms with Crippen LogP contribution in [0.2, 0.25) is 0 Å². The van der Waals surface area contributed by atoms with Crippen LogP contribution in [-0.4, -0.2) is 19.7 Å². The van der Waals surface area contributed by atoms with Gasteiger partial charge in [0.1, 0.15) is 0 Å². The number of nitrogens with zero attached hydrogens (tertiary/aromatic N) is 3. The molecular formula is C20H18N4S. The van der Waals surface area contributed by atoms with E-state index in [0.29, 0.717) is 4.77 Å². The van der Waals surface area contributed by atoms with Crippen LogP contribution in [0.5, 0.6) is 0 Å². The highest BCUT2D eigenvalue weighted by Gasteiger charge is 2.15. The van der Waals surface area contributed by atoms with Gasteiger partial charge < -0.3 is 0 Å². The number of H-pyrrole nitrogens is 1. The van der Waals surface area contributed by atoms with Crippen LogP contribution in [0.4, 0.5) is 0 Å². The van der Waals surface area contributed by atoms with Gasteiger partial charge in [-0.1, -0.05) is 42.0 Å². The van der Waals surface area contributed by atoms with Crippen LogP contribution in [0.1, 0.15) is 16.8 Å². The van der Waals surface area contributed by atoms with E-state index in [0.717, 1.165) is 33.7 Å². The summed E-state index contributed by atoms with van der Waals surface area (Å²) in [6.07, 6.45) is 0. The SMILES string of the molecule is Cc1ccc(-c2n[nH]c(=S)n2-c2cc(C)nc3ccccc23)c(C)c1. The van der Waals surface area contributed by atoms with Crippen LogP contribution in [-0.2, 0) is 0 Å². The maximum atomic E-state index is 5.55. The molecule has 0 fully saturated rings. The summed E-state index contributed by atoms with van der Waals surface area (Å²) in [6, 6.07) is 16.5. The number of aromatic nitrogens is 4. The van der Waals surface area contributed by atoms with Gasteiger partial charge in [-0.2, -0.15) is 5.10 Å². The Bertz CT molecular complexity index is 1150. The second kappa shape index (κ2) is 5.93. The Morgan fingerprint density at radius 2 is 1.80 bits per heavy atom. The molecule has 0 radical (unpaired) electrons. The number of nitrogens with one attached hydrogen (secondary N) is 1. The van der Waals surface area contributed by atoms with Crippen molar-refractivity contribution in [3.8, 4) is 17.1 Å². The Labute approximate surface area is 151 Å². The van der Waals surface area contributed by atoms with Crippen molar-refractivity contribution < 1.29 is 0 Å². The zero-order valence-electron chi connectivity index (χ0n) is 14.4. The number of para-hydroxylation sites is 1. The van der Waals surface area contributed by atoms with E-state index in [1.165, 1.54) is 11.1 Å². The molecule has 5 heteroatoms. The lowest BCUT2D eigenvalue weighted by Crippen LogP contribution is -2.02.